The Morgan fingerprint density at radius 3 is 2.57 bits per heavy atom. The predicted molar refractivity (Wildman–Crippen MR) is 117 cm³/mol. The number of likely N-dealkylation sites (tertiary alicyclic amines) is 1. The second-order valence-corrected chi connectivity index (χ2v) is 7.93. The number of urea groups is 1. The summed E-state index contributed by atoms with van der Waals surface area (Å²) in [6.45, 7) is 3.04. The van der Waals surface area contributed by atoms with E-state index in [1.165, 1.54) is 11.1 Å². The number of anilines is 1. The van der Waals surface area contributed by atoms with Gasteiger partial charge in [-0.25, -0.2) is 4.79 Å². The fourth-order valence-corrected chi connectivity index (χ4v) is 4.27. The number of carbonyl (C=O) groups is 1. The Bertz CT molecular complexity index is 1040. The minimum Gasteiger partial charge on any atom is -0.457 e. The third-order valence-corrected chi connectivity index (χ3v) is 5.83. The number of hydrogen-bond donors (Lipinski definition) is 1. The van der Waals surface area contributed by atoms with Gasteiger partial charge in [-0.05, 0) is 79.4 Å². The van der Waals surface area contributed by atoms with E-state index >= 15 is 0 Å². The Hall–Kier alpha value is -3.31. The second-order valence-electron chi connectivity index (χ2n) is 7.93. The molecule has 0 unspecified atom stereocenters. The molecule has 2 aliphatic heterocycles. The highest BCUT2D eigenvalue weighted by molar-refractivity contribution is 6.02. The molecule has 5 nitrogen and oxygen atoms in total. The first-order valence-electron chi connectivity index (χ1n) is 10.4. The Labute approximate surface area is 176 Å². The highest BCUT2D eigenvalue weighted by Crippen LogP contribution is 2.35. The van der Waals surface area contributed by atoms with Crippen LogP contribution < -0.4 is 15.4 Å². The zero-order chi connectivity index (χ0) is 20.3. The van der Waals surface area contributed by atoms with Crippen molar-refractivity contribution in [2.24, 2.45) is 0 Å². The normalized spacial score (nSPS) is 16.6. The Morgan fingerprint density at radius 1 is 0.933 bits per heavy atom. The van der Waals surface area contributed by atoms with Crippen LogP contribution in [-0.2, 0) is 6.54 Å². The van der Waals surface area contributed by atoms with Crippen molar-refractivity contribution in [1.29, 1.82) is 0 Å². The number of para-hydroxylation sites is 1. The van der Waals surface area contributed by atoms with Crippen molar-refractivity contribution >= 4 is 17.4 Å². The topological polar surface area (TPSA) is 55.7 Å². The second kappa shape index (κ2) is 8.20. The van der Waals surface area contributed by atoms with Crippen LogP contribution >= 0.6 is 0 Å². The van der Waals surface area contributed by atoms with Crippen molar-refractivity contribution in [3.05, 3.63) is 83.9 Å². The van der Waals surface area contributed by atoms with Crippen molar-refractivity contribution in [2.75, 3.05) is 18.4 Å². The number of amides is 2. The lowest BCUT2D eigenvalue weighted by atomic mass is 9.89. The minimum atomic E-state index is -0.268. The lowest BCUT2D eigenvalue weighted by Crippen LogP contribution is -2.32. The third kappa shape index (κ3) is 4.16. The van der Waals surface area contributed by atoms with E-state index in [0.29, 0.717) is 5.92 Å². The summed E-state index contributed by atoms with van der Waals surface area (Å²) < 4.78 is 5.97. The standard InChI is InChI=1S/C25H24N3O2/c29-25-26-23-10-9-20(16-24(23)27-25)19-11-13-28(14-12-19)17-18-5-4-8-22(15-18)30-21-6-2-1-3-7-21/h1-10,15-16,19H,11-14,17H2,(H,26,29). The van der Waals surface area contributed by atoms with Gasteiger partial charge in [-0.2, -0.15) is 5.32 Å². The summed E-state index contributed by atoms with van der Waals surface area (Å²) in [5.41, 5.74) is 4.14. The molecule has 0 bridgehead atoms. The number of nitrogens with one attached hydrogen (secondary N) is 1. The van der Waals surface area contributed by atoms with E-state index in [0.717, 1.165) is 55.3 Å². The Balaban J connectivity index is 1.18. The van der Waals surface area contributed by atoms with E-state index in [-0.39, 0.29) is 6.03 Å². The molecule has 0 aliphatic carbocycles. The van der Waals surface area contributed by atoms with Crippen molar-refractivity contribution in [3.63, 3.8) is 0 Å². The van der Waals surface area contributed by atoms with Gasteiger partial charge in [0.05, 0.1) is 11.4 Å². The van der Waals surface area contributed by atoms with Crippen LogP contribution in [0.1, 0.15) is 29.9 Å². The molecule has 151 valence electrons. The van der Waals surface area contributed by atoms with E-state index < -0.39 is 0 Å². The molecule has 30 heavy (non-hydrogen) atoms. The first-order chi connectivity index (χ1) is 14.7. The number of fused-ring (bicyclic) bond motifs is 1. The molecule has 1 N–H and O–H groups in total. The number of hydrogen-bond acceptors (Lipinski definition) is 3. The SMILES string of the molecule is O=C1[N]c2cc(C3CCN(Cc4cccc(Oc5ccccc5)c4)CC3)ccc2N1. The number of nitrogens with zero attached hydrogens (tertiary/aromatic N) is 2. The first kappa shape index (κ1) is 18.7. The Kier molecular flexibility index (Phi) is 5.11. The molecule has 3 aromatic carbocycles. The van der Waals surface area contributed by atoms with Crippen LogP contribution in [0.3, 0.4) is 0 Å². The quantitative estimate of drug-likeness (QED) is 0.605. The lowest BCUT2D eigenvalue weighted by molar-refractivity contribution is 0.204. The van der Waals surface area contributed by atoms with Gasteiger partial charge < -0.3 is 10.1 Å². The van der Waals surface area contributed by atoms with Gasteiger partial charge in [0.15, 0.2) is 0 Å². The summed E-state index contributed by atoms with van der Waals surface area (Å²) >= 11 is 0. The van der Waals surface area contributed by atoms with Crippen LogP contribution in [0.4, 0.5) is 16.2 Å². The van der Waals surface area contributed by atoms with Crippen LogP contribution in [0.25, 0.3) is 0 Å². The molecule has 2 amide bonds. The van der Waals surface area contributed by atoms with Gasteiger partial charge in [-0.3, -0.25) is 4.90 Å². The molecule has 2 aliphatic rings. The van der Waals surface area contributed by atoms with Gasteiger partial charge in [0.1, 0.15) is 11.5 Å². The highest BCUT2D eigenvalue weighted by Gasteiger charge is 2.24. The smallest absolute Gasteiger partial charge is 0.346 e. The van der Waals surface area contributed by atoms with Gasteiger partial charge in [0.25, 0.3) is 0 Å². The minimum absolute atomic E-state index is 0.268. The van der Waals surface area contributed by atoms with Crippen LogP contribution in [0.2, 0.25) is 0 Å². The molecule has 0 spiro atoms. The van der Waals surface area contributed by atoms with Crippen LogP contribution in [-0.4, -0.2) is 24.0 Å². The monoisotopic (exact) mass is 398 g/mol. The van der Waals surface area contributed by atoms with Gasteiger partial charge in [0, 0.05) is 6.54 Å². The highest BCUT2D eigenvalue weighted by atomic mass is 16.5. The fourth-order valence-electron chi connectivity index (χ4n) is 4.27. The molecule has 1 fully saturated rings. The van der Waals surface area contributed by atoms with E-state index in [4.69, 9.17) is 4.74 Å². The maximum absolute atomic E-state index is 11.4. The molecule has 1 radical (unpaired) electrons. The maximum Gasteiger partial charge on any atom is 0.346 e. The molecule has 5 rings (SSSR count). The molecule has 0 aromatic heterocycles. The van der Waals surface area contributed by atoms with Crippen molar-refractivity contribution in [3.8, 4) is 11.5 Å². The predicted octanol–water partition coefficient (Wildman–Crippen LogP) is 5.64. The zero-order valence-electron chi connectivity index (χ0n) is 16.8. The summed E-state index contributed by atoms with van der Waals surface area (Å²) in [6.07, 6.45) is 2.22. The molecule has 3 aromatic rings. The van der Waals surface area contributed by atoms with E-state index in [1.807, 2.05) is 42.5 Å². The molecule has 5 heteroatoms. The number of ether oxygens (including phenoxy) is 1. The summed E-state index contributed by atoms with van der Waals surface area (Å²) in [5, 5.41) is 6.80. The van der Waals surface area contributed by atoms with Gasteiger partial charge in [-0.1, -0.05) is 36.4 Å². The first-order valence-corrected chi connectivity index (χ1v) is 10.4. The molecule has 1 saturated heterocycles. The van der Waals surface area contributed by atoms with Crippen molar-refractivity contribution in [2.45, 2.75) is 25.3 Å². The average Bonchev–Trinajstić information content (AvgIpc) is 3.14. The third-order valence-electron chi connectivity index (χ3n) is 5.83. The van der Waals surface area contributed by atoms with E-state index in [9.17, 15) is 4.79 Å². The number of carbonyl (C=O) groups excluding carboxylic acids is 1. The maximum atomic E-state index is 11.4. The fraction of sp³-hybridized carbons (Fsp3) is 0.240. The molecule has 0 atom stereocenters. The van der Waals surface area contributed by atoms with Gasteiger partial charge >= 0.3 is 6.03 Å². The van der Waals surface area contributed by atoms with Crippen LogP contribution in [0.5, 0.6) is 11.5 Å². The molecular formula is C25H24N3O2. The summed E-state index contributed by atoms with van der Waals surface area (Å²) in [6, 6.07) is 24.1. The van der Waals surface area contributed by atoms with Gasteiger partial charge in [-0.15, -0.1) is 0 Å². The van der Waals surface area contributed by atoms with Gasteiger partial charge in [0.2, 0.25) is 0 Å². The van der Waals surface area contributed by atoms with Crippen molar-refractivity contribution in [1.82, 2.24) is 10.2 Å². The molecule has 0 saturated carbocycles. The van der Waals surface area contributed by atoms with E-state index in [1.54, 1.807) is 0 Å². The average molecular weight is 398 g/mol. The molecule has 2 heterocycles. The van der Waals surface area contributed by atoms with Crippen LogP contribution in [0, 0.1) is 0 Å². The number of piperidine rings is 1. The summed E-state index contributed by atoms with van der Waals surface area (Å²) in [7, 11) is 0. The summed E-state index contributed by atoms with van der Waals surface area (Å²) in [5.74, 6) is 2.25. The number of benzene rings is 3. The van der Waals surface area contributed by atoms with Crippen molar-refractivity contribution < 1.29 is 9.53 Å². The van der Waals surface area contributed by atoms with E-state index in [2.05, 4.69) is 45.9 Å². The Morgan fingerprint density at radius 2 is 1.73 bits per heavy atom. The molecular weight excluding hydrogens is 374 g/mol. The summed E-state index contributed by atoms with van der Waals surface area (Å²) in [4.78, 5) is 13.9. The van der Waals surface area contributed by atoms with Crippen LogP contribution in [0.15, 0.2) is 72.8 Å². The number of rotatable bonds is 5. The zero-order valence-corrected chi connectivity index (χ0v) is 16.8. The largest absolute Gasteiger partial charge is 0.457 e. The lowest BCUT2D eigenvalue weighted by Gasteiger charge is -2.32.